The Labute approximate surface area is 84.1 Å². The van der Waals surface area contributed by atoms with Crippen LogP contribution in [0.2, 0.25) is 0 Å². The highest BCUT2D eigenvalue weighted by Gasteiger charge is 2.33. The van der Waals surface area contributed by atoms with E-state index in [0.29, 0.717) is 6.42 Å². The van der Waals surface area contributed by atoms with Gasteiger partial charge in [0.15, 0.2) is 0 Å². The summed E-state index contributed by atoms with van der Waals surface area (Å²) in [5, 5.41) is 4.15. The lowest BCUT2D eigenvalue weighted by molar-refractivity contribution is 0.109. The van der Waals surface area contributed by atoms with Crippen molar-refractivity contribution in [2.75, 3.05) is 6.54 Å². The molecule has 0 saturated heterocycles. The first-order valence-electron chi connectivity index (χ1n) is 4.85. The van der Waals surface area contributed by atoms with E-state index >= 15 is 0 Å². The summed E-state index contributed by atoms with van der Waals surface area (Å²) in [5.41, 5.74) is 4.87. The summed E-state index contributed by atoms with van der Waals surface area (Å²) in [5.74, 6) is -0.0884. The maximum Gasteiger partial charge on any atom is 0.131 e. The lowest BCUT2D eigenvalue weighted by atomic mass is 9.88. The van der Waals surface area contributed by atoms with Crippen LogP contribution in [0.5, 0.6) is 0 Å². The summed E-state index contributed by atoms with van der Waals surface area (Å²) < 4.78 is 15.8. The Bertz CT molecular complexity index is 295. The molecule has 80 valence electrons. The van der Waals surface area contributed by atoms with Crippen LogP contribution in [0.1, 0.15) is 19.5 Å². The van der Waals surface area contributed by atoms with E-state index in [1.54, 1.807) is 4.68 Å². The first-order chi connectivity index (χ1) is 6.48. The third-order valence-electron chi connectivity index (χ3n) is 2.62. The molecule has 1 aromatic rings. The molecule has 1 atom stereocenters. The summed E-state index contributed by atoms with van der Waals surface area (Å²) in [6, 6.07) is 1.83. The topological polar surface area (TPSA) is 43.8 Å². The molecule has 0 spiro atoms. The van der Waals surface area contributed by atoms with E-state index in [2.05, 4.69) is 5.10 Å². The van der Waals surface area contributed by atoms with Crippen molar-refractivity contribution in [1.82, 2.24) is 9.78 Å². The summed E-state index contributed by atoms with van der Waals surface area (Å²) in [6.45, 7) is 3.73. The maximum atomic E-state index is 14.2. The van der Waals surface area contributed by atoms with E-state index in [9.17, 15) is 4.39 Å². The van der Waals surface area contributed by atoms with E-state index in [1.165, 1.54) is 0 Å². The molecule has 3 nitrogen and oxygen atoms in total. The van der Waals surface area contributed by atoms with Gasteiger partial charge in [0.1, 0.15) is 5.67 Å². The minimum absolute atomic E-state index is 0.0429. The van der Waals surface area contributed by atoms with Gasteiger partial charge in [0.05, 0.1) is 5.69 Å². The van der Waals surface area contributed by atoms with Crippen molar-refractivity contribution in [1.29, 1.82) is 0 Å². The molecule has 1 heterocycles. The second kappa shape index (κ2) is 4.09. The van der Waals surface area contributed by atoms with E-state index in [0.717, 1.165) is 5.69 Å². The zero-order valence-electron chi connectivity index (χ0n) is 9.00. The number of nitrogens with zero attached hydrogens (tertiary/aromatic N) is 2. The number of hydrogen-bond donors (Lipinski definition) is 1. The van der Waals surface area contributed by atoms with Gasteiger partial charge in [-0.05, 0) is 12.0 Å². The molecule has 0 aromatic carbocycles. The van der Waals surface area contributed by atoms with Crippen molar-refractivity contribution in [3.05, 3.63) is 18.0 Å². The van der Waals surface area contributed by atoms with E-state index in [1.807, 2.05) is 33.2 Å². The van der Waals surface area contributed by atoms with Crippen LogP contribution in [0.15, 0.2) is 12.3 Å². The van der Waals surface area contributed by atoms with Gasteiger partial charge in [0, 0.05) is 26.2 Å². The molecule has 1 unspecified atom stereocenters. The SMILES string of the molecule is CC(C)C(F)(CN)Cc1ccn(C)n1. The fourth-order valence-corrected chi connectivity index (χ4v) is 1.37. The van der Waals surface area contributed by atoms with Gasteiger partial charge in [-0.15, -0.1) is 0 Å². The summed E-state index contributed by atoms with van der Waals surface area (Å²) in [7, 11) is 1.82. The first-order valence-corrected chi connectivity index (χ1v) is 4.85. The average Bonchev–Trinajstić information content (AvgIpc) is 2.50. The zero-order valence-corrected chi connectivity index (χ0v) is 9.00. The van der Waals surface area contributed by atoms with Crippen LogP contribution in [0.3, 0.4) is 0 Å². The Morgan fingerprint density at radius 3 is 2.64 bits per heavy atom. The smallest absolute Gasteiger partial charge is 0.131 e. The maximum absolute atomic E-state index is 14.2. The van der Waals surface area contributed by atoms with Crippen LogP contribution in [0.25, 0.3) is 0 Å². The number of hydrogen-bond acceptors (Lipinski definition) is 2. The number of halogens is 1. The highest BCUT2D eigenvalue weighted by molar-refractivity contribution is 5.05. The van der Waals surface area contributed by atoms with Gasteiger partial charge in [0.2, 0.25) is 0 Å². The lowest BCUT2D eigenvalue weighted by Crippen LogP contribution is -2.40. The first kappa shape index (κ1) is 11.2. The molecular weight excluding hydrogens is 181 g/mol. The minimum atomic E-state index is -1.34. The van der Waals surface area contributed by atoms with Gasteiger partial charge in [0.25, 0.3) is 0 Å². The van der Waals surface area contributed by atoms with Crippen LogP contribution < -0.4 is 5.73 Å². The molecule has 14 heavy (non-hydrogen) atoms. The minimum Gasteiger partial charge on any atom is -0.328 e. The standard InChI is InChI=1S/C10H18FN3/c1-8(2)10(11,7-12)6-9-4-5-14(3)13-9/h4-5,8H,6-7,12H2,1-3H3. The van der Waals surface area contributed by atoms with Gasteiger partial charge >= 0.3 is 0 Å². The number of rotatable bonds is 4. The van der Waals surface area contributed by atoms with Crippen molar-refractivity contribution in [3.63, 3.8) is 0 Å². The number of aromatic nitrogens is 2. The molecule has 4 heteroatoms. The van der Waals surface area contributed by atoms with E-state index in [4.69, 9.17) is 5.73 Å². The molecule has 1 rings (SSSR count). The largest absolute Gasteiger partial charge is 0.328 e. The average molecular weight is 199 g/mol. The molecule has 0 aliphatic heterocycles. The number of aryl methyl sites for hydroxylation is 1. The summed E-state index contributed by atoms with van der Waals surface area (Å²) >= 11 is 0. The normalized spacial score (nSPS) is 15.9. The molecule has 0 fully saturated rings. The molecule has 0 radical (unpaired) electrons. The molecular formula is C10H18FN3. The second-order valence-corrected chi connectivity index (χ2v) is 4.05. The molecule has 2 N–H and O–H groups in total. The van der Waals surface area contributed by atoms with Crippen LogP contribution in [0, 0.1) is 5.92 Å². The third kappa shape index (κ3) is 2.32. The Balaban J connectivity index is 2.75. The van der Waals surface area contributed by atoms with Crippen molar-refractivity contribution < 1.29 is 4.39 Å². The van der Waals surface area contributed by atoms with E-state index in [-0.39, 0.29) is 12.5 Å². The highest BCUT2D eigenvalue weighted by Crippen LogP contribution is 2.24. The second-order valence-electron chi connectivity index (χ2n) is 4.05. The van der Waals surface area contributed by atoms with Crippen LogP contribution in [-0.2, 0) is 13.5 Å². The fraction of sp³-hybridized carbons (Fsp3) is 0.700. The van der Waals surface area contributed by atoms with Gasteiger partial charge in [-0.2, -0.15) is 5.10 Å². The molecule has 1 aromatic heterocycles. The molecule has 0 bridgehead atoms. The molecule has 0 amide bonds. The van der Waals surface area contributed by atoms with Gasteiger partial charge in [-0.25, -0.2) is 4.39 Å². The van der Waals surface area contributed by atoms with Crippen LogP contribution in [0.4, 0.5) is 4.39 Å². The molecule has 0 aliphatic carbocycles. The Morgan fingerprint density at radius 2 is 2.29 bits per heavy atom. The predicted molar refractivity (Wildman–Crippen MR) is 54.6 cm³/mol. The quantitative estimate of drug-likeness (QED) is 0.794. The number of nitrogens with two attached hydrogens (primary N) is 1. The van der Waals surface area contributed by atoms with Gasteiger partial charge < -0.3 is 5.73 Å². The molecule has 0 aliphatic rings. The third-order valence-corrected chi connectivity index (χ3v) is 2.62. The zero-order chi connectivity index (χ0) is 10.8. The van der Waals surface area contributed by atoms with Crippen molar-refractivity contribution >= 4 is 0 Å². The highest BCUT2D eigenvalue weighted by atomic mass is 19.1. The fourth-order valence-electron chi connectivity index (χ4n) is 1.37. The lowest BCUT2D eigenvalue weighted by Gasteiger charge is -2.26. The van der Waals surface area contributed by atoms with Crippen LogP contribution in [-0.4, -0.2) is 22.0 Å². The molecule has 0 saturated carbocycles. The summed E-state index contributed by atoms with van der Waals surface area (Å²) in [4.78, 5) is 0. The van der Waals surface area contributed by atoms with Crippen molar-refractivity contribution in [2.24, 2.45) is 18.7 Å². The van der Waals surface area contributed by atoms with Crippen molar-refractivity contribution in [3.8, 4) is 0 Å². The number of alkyl halides is 1. The summed E-state index contributed by atoms with van der Waals surface area (Å²) in [6.07, 6.45) is 2.11. The van der Waals surface area contributed by atoms with Crippen LogP contribution >= 0.6 is 0 Å². The Kier molecular flexibility index (Phi) is 3.26. The Morgan fingerprint density at radius 1 is 1.64 bits per heavy atom. The van der Waals surface area contributed by atoms with E-state index < -0.39 is 5.67 Å². The van der Waals surface area contributed by atoms with Crippen molar-refractivity contribution in [2.45, 2.75) is 25.9 Å². The van der Waals surface area contributed by atoms with Gasteiger partial charge in [-0.3, -0.25) is 4.68 Å². The predicted octanol–water partition coefficient (Wildman–Crippen LogP) is 1.29. The van der Waals surface area contributed by atoms with Gasteiger partial charge in [-0.1, -0.05) is 13.8 Å². The monoisotopic (exact) mass is 199 g/mol. The Hall–Kier alpha value is -0.900.